The smallest absolute Gasteiger partial charge is 0.412 e. The Morgan fingerprint density at radius 2 is 1.86 bits per heavy atom. The van der Waals surface area contributed by atoms with Crippen molar-refractivity contribution in [3.05, 3.63) is 29.8 Å². The number of piperidine rings is 2. The summed E-state index contributed by atoms with van der Waals surface area (Å²) in [5, 5.41) is 29.7. The molecule has 0 spiro atoms. The van der Waals surface area contributed by atoms with Crippen LogP contribution in [0.5, 0.6) is 5.75 Å². The highest BCUT2D eigenvalue weighted by molar-refractivity contribution is 5.89. The number of amides is 3. The highest BCUT2D eigenvalue weighted by Gasteiger charge is 2.36. The van der Waals surface area contributed by atoms with Gasteiger partial charge < -0.3 is 19.8 Å². The lowest BCUT2D eigenvalue weighted by molar-refractivity contribution is 0.00928. The zero-order chi connectivity index (χ0) is 20.1. The minimum Gasteiger partial charge on any atom is -0.491 e. The first-order valence-corrected chi connectivity index (χ1v) is 9.25. The summed E-state index contributed by atoms with van der Waals surface area (Å²) < 4.78 is 5.59. The number of hydrogen-bond donors (Lipinski definition) is 3. The molecule has 0 radical (unpaired) electrons. The third kappa shape index (κ3) is 5.34. The van der Waals surface area contributed by atoms with Crippen molar-refractivity contribution in [2.45, 2.75) is 12.5 Å². The molecule has 2 heterocycles. The van der Waals surface area contributed by atoms with E-state index in [-0.39, 0.29) is 18.4 Å². The number of likely N-dealkylation sites (tertiary alicyclic amines) is 2. The van der Waals surface area contributed by atoms with Crippen LogP contribution >= 0.6 is 0 Å². The molecule has 9 nitrogen and oxygen atoms in total. The quantitative estimate of drug-likeness (QED) is 0.685. The number of aliphatic hydroxyl groups excluding tert-OH is 1. The lowest BCUT2D eigenvalue weighted by Crippen LogP contribution is -2.57. The van der Waals surface area contributed by atoms with Crippen molar-refractivity contribution in [1.29, 1.82) is 5.26 Å². The van der Waals surface area contributed by atoms with Gasteiger partial charge >= 0.3 is 12.1 Å². The Morgan fingerprint density at radius 1 is 1.21 bits per heavy atom. The Bertz CT molecular complexity index is 734. The number of benzene rings is 1. The average molecular weight is 388 g/mol. The van der Waals surface area contributed by atoms with E-state index >= 15 is 0 Å². The summed E-state index contributed by atoms with van der Waals surface area (Å²) in [6.07, 6.45) is -0.987. The molecule has 0 aromatic heterocycles. The molecular formula is C19H24N4O5. The summed E-state index contributed by atoms with van der Waals surface area (Å²) in [5.41, 5.74) is 0.554. The number of imide groups is 1. The van der Waals surface area contributed by atoms with Crippen molar-refractivity contribution in [2.75, 3.05) is 39.3 Å². The van der Waals surface area contributed by atoms with Gasteiger partial charge in [0.2, 0.25) is 0 Å². The Morgan fingerprint density at radius 3 is 2.43 bits per heavy atom. The van der Waals surface area contributed by atoms with E-state index in [9.17, 15) is 14.7 Å². The van der Waals surface area contributed by atoms with Crippen molar-refractivity contribution in [1.82, 2.24) is 15.1 Å². The molecule has 2 bridgehead atoms. The summed E-state index contributed by atoms with van der Waals surface area (Å²) in [6.45, 7) is 3.17. The highest BCUT2D eigenvalue weighted by atomic mass is 16.5. The molecule has 0 aliphatic carbocycles. The number of rotatable bonds is 5. The summed E-state index contributed by atoms with van der Waals surface area (Å²) in [7, 11) is 0. The second-order valence-corrected chi connectivity index (χ2v) is 7.43. The van der Waals surface area contributed by atoms with Crippen molar-refractivity contribution in [3.63, 3.8) is 0 Å². The number of fused-ring (bicyclic) bond motifs is 2. The summed E-state index contributed by atoms with van der Waals surface area (Å²) >= 11 is 0. The molecule has 1 aromatic rings. The fourth-order valence-corrected chi connectivity index (χ4v) is 4.04. The molecule has 1 aromatic carbocycles. The fourth-order valence-electron chi connectivity index (χ4n) is 4.04. The number of hydrogen-bond acceptors (Lipinski definition) is 6. The van der Waals surface area contributed by atoms with Gasteiger partial charge in [-0.25, -0.2) is 14.9 Å². The topological polar surface area (TPSA) is 126 Å². The van der Waals surface area contributed by atoms with E-state index in [0.29, 0.717) is 30.9 Å². The molecule has 0 saturated carbocycles. The normalized spacial score (nSPS) is 22.8. The fraction of sp³-hybridized carbons (Fsp3) is 0.526. The molecular weight excluding hydrogens is 364 g/mol. The summed E-state index contributed by atoms with van der Waals surface area (Å²) in [5.74, 6) is 1.13. The largest absolute Gasteiger partial charge is 0.491 e. The minimum absolute atomic E-state index is 0.158. The van der Waals surface area contributed by atoms with E-state index in [0.717, 1.165) is 19.5 Å². The van der Waals surface area contributed by atoms with Gasteiger partial charge in [0.1, 0.15) is 18.5 Å². The number of carbonyl (C=O) groups is 2. The number of carboxylic acid groups (broad SMARTS) is 1. The monoisotopic (exact) mass is 388 g/mol. The van der Waals surface area contributed by atoms with E-state index in [2.05, 4.69) is 4.90 Å². The second kappa shape index (κ2) is 8.91. The molecule has 150 valence electrons. The number of ether oxygens (including phenoxy) is 1. The first kappa shape index (κ1) is 19.9. The van der Waals surface area contributed by atoms with Gasteiger partial charge in [0.05, 0.1) is 11.6 Å². The number of aliphatic hydroxyl groups is 1. The van der Waals surface area contributed by atoms with Gasteiger partial charge in [-0.3, -0.25) is 4.90 Å². The zero-order valence-electron chi connectivity index (χ0n) is 15.5. The maximum Gasteiger partial charge on any atom is 0.412 e. The van der Waals surface area contributed by atoms with Crippen molar-refractivity contribution in [3.8, 4) is 11.8 Å². The van der Waals surface area contributed by atoms with Crippen LogP contribution in [0.3, 0.4) is 0 Å². The standard InChI is InChI=1S/C19H24N4O5/c20-6-13-1-3-17(4-2-13)28-12-16(24)11-22-7-14-5-15(8-22)10-23(9-14)18(25)21-19(26)27/h1-4,14-16,24H,5,7-12H2,(H,21,25)(H,26,27). The predicted octanol–water partition coefficient (Wildman–Crippen LogP) is 0.939. The SMILES string of the molecule is N#Cc1ccc(OCC(O)CN2CC3CC(C2)CN(C(=O)NC(=O)O)C3)cc1. The van der Waals surface area contributed by atoms with Crippen LogP contribution in [-0.4, -0.2) is 77.6 Å². The van der Waals surface area contributed by atoms with Crippen LogP contribution in [0.25, 0.3) is 0 Å². The second-order valence-electron chi connectivity index (χ2n) is 7.43. The molecule has 28 heavy (non-hydrogen) atoms. The zero-order valence-corrected chi connectivity index (χ0v) is 15.5. The Kier molecular flexibility index (Phi) is 6.34. The number of nitriles is 1. The molecule has 3 N–H and O–H groups in total. The van der Waals surface area contributed by atoms with Crippen LogP contribution in [0.2, 0.25) is 0 Å². The minimum atomic E-state index is -1.34. The Balaban J connectivity index is 1.44. The maximum absolute atomic E-state index is 11.9. The molecule has 2 saturated heterocycles. The van der Waals surface area contributed by atoms with Gasteiger partial charge in [-0.15, -0.1) is 0 Å². The third-order valence-corrected chi connectivity index (χ3v) is 5.05. The third-order valence-electron chi connectivity index (χ3n) is 5.05. The Hall–Kier alpha value is -2.83. The number of nitrogens with one attached hydrogen (secondary N) is 1. The van der Waals surface area contributed by atoms with E-state index in [1.54, 1.807) is 29.2 Å². The number of nitrogens with zero attached hydrogens (tertiary/aromatic N) is 3. The van der Waals surface area contributed by atoms with Crippen LogP contribution in [-0.2, 0) is 0 Å². The van der Waals surface area contributed by atoms with E-state index < -0.39 is 18.2 Å². The molecule has 9 heteroatoms. The van der Waals surface area contributed by atoms with E-state index in [1.807, 2.05) is 11.4 Å². The van der Waals surface area contributed by atoms with Crippen LogP contribution in [0.15, 0.2) is 24.3 Å². The van der Waals surface area contributed by atoms with Crippen LogP contribution in [0.4, 0.5) is 9.59 Å². The molecule has 2 aliphatic heterocycles. The highest BCUT2D eigenvalue weighted by Crippen LogP contribution is 2.28. The van der Waals surface area contributed by atoms with Crippen molar-refractivity contribution >= 4 is 12.1 Å². The van der Waals surface area contributed by atoms with Crippen molar-refractivity contribution in [2.24, 2.45) is 11.8 Å². The summed E-state index contributed by atoms with van der Waals surface area (Å²) in [6, 6.07) is 8.22. The van der Waals surface area contributed by atoms with Gasteiger partial charge in [-0.1, -0.05) is 0 Å². The first-order valence-electron chi connectivity index (χ1n) is 9.25. The number of carbonyl (C=O) groups excluding carboxylic acids is 1. The van der Waals surface area contributed by atoms with E-state index in [4.69, 9.17) is 15.1 Å². The molecule has 3 rings (SSSR count). The molecule has 3 unspecified atom stereocenters. The van der Waals surface area contributed by atoms with Crippen LogP contribution < -0.4 is 10.1 Å². The van der Waals surface area contributed by atoms with Crippen molar-refractivity contribution < 1.29 is 24.5 Å². The van der Waals surface area contributed by atoms with Gasteiger partial charge in [0, 0.05) is 32.7 Å². The average Bonchev–Trinajstić information content (AvgIpc) is 2.65. The molecule has 2 fully saturated rings. The predicted molar refractivity (Wildman–Crippen MR) is 98.8 cm³/mol. The first-order chi connectivity index (χ1) is 13.4. The van der Waals surface area contributed by atoms with Gasteiger partial charge in [0.25, 0.3) is 0 Å². The van der Waals surface area contributed by atoms with E-state index in [1.165, 1.54) is 0 Å². The molecule has 2 aliphatic rings. The van der Waals surface area contributed by atoms with Gasteiger partial charge in [-0.2, -0.15) is 5.26 Å². The lowest BCUT2D eigenvalue weighted by Gasteiger charge is -2.46. The lowest BCUT2D eigenvalue weighted by atomic mass is 9.84. The Labute approximate surface area is 163 Å². The number of β-amino-alcohol motifs (C(OH)–C–C–N with tert-alkyl or cyclic N) is 1. The van der Waals surface area contributed by atoms with Gasteiger partial charge in [0.15, 0.2) is 0 Å². The molecule has 3 atom stereocenters. The summed E-state index contributed by atoms with van der Waals surface area (Å²) in [4.78, 5) is 26.3. The van der Waals surface area contributed by atoms with Gasteiger partial charge in [-0.05, 0) is 42.5 Å². The molecule has 3 amide bonds. The van der Waals surface area contributed by atoms with Crippen LogP contribution in [0.1, 0.15) is 12.0 Å². The number of urea groups is 1. The maximum atomic E-state index is 11.9. The van der Waals surface area contributed by atoms with Crippen LogP contribution in [0, 0.1) is 23.2 Å².